The number of hydrogen-bond donors (Lipinski definition) is 0. The van der Waals surface area contributed by atoms with Gasteiger partial charge in [0.25, 0.3) is 5.91 Å². The second-order valence-electron chi connectivity index (χ2n) is 9.06. The first-order valence-electron chi connectivity index (χ1n) is 11.7. The summed E-state index contributed by atoms with van der Waals surface area (Å²) in [4.78, 5) is 44.0. The monoisotopic (exact) mass is 429 g/mol. The molecule has 3 heterocycles. The van der Waals surface area contributed by atoms with E-state index in [1.807, 2.05) is 9.80 Å². The standard InChI is InChI=1S/C24H32FN3O3/c25-21-6-4-18(5-7-21)22(29)27-14-10-20(11-15-27)24(31)28-16-8-19(9-17-28)23(30)26-12-2-1-3-13-26/h4-7,19-20H,1-3,8-17H2. The van der Waals surface area contributed by atoms with Gasteiger partial charge in [-0.15, -0.1) is 0 Å². The van der Waals surface area contributed by atoms with Crippen molar-refractivity contribution in [1.82, 2.24) is 14.7 Å². The highest BCUT2D eigenvalue weighted by Crippen LogP contribution is 2.26. The zero-order valence-corrected chi connectivity index (χ0v) is 18.1. The van der Waals surface area contributed by atoms with Crippen LogP contribution in [0.1, 0.15) is 55.3 Å². The molecule has 1 aromatic carbocycles. The fraction of sp³-hybridized carbons (Fsp3) is 0.625. The molecule has 4 rings (SSSR count). The molecule has 0 saturated carbocycles. The van der Waals surface area contributed by atoms with Crippen molar-refractivity contribution >= 4 is 17.7 Å². The van der Waals surface area contributed by atoms with Gasteiger partial charge >= 0.3 is 0 Å². The largest absolute Gasteiger partial charge is 0.342 e. The van der Waals surface area contributed by atoms with Crippen molar-refractivity contribution in [2.75, 3.05) is 39.3 Å². The number of nitrogens with zero attached hydrogens (tertiary/aromatic N) is 3. The maximum Gasteiger partial charge on any atom is 0.253 e. The Morgan fingerprint density at radius 3 is 1.61 bits per heavy atom. The fourth-order valence-corrected chi connectivity index (χ4v) is 5.08. The molecule has 3 amide bonds. The van der Waals surface area contributed by atoms with Crippen LogP contribution in [0.2, 0.25) is 0 Å². The molecule has 3 fully saturated rings. The van der Waals surface area contributed by atoms with E-state index < -0.39 is 0 Å². The SMILES string of the molecule is O=C(c1ccc(F)cc1)N1CCC(C(=O)N2CCC(C(=O)N3CCCCC3)CC2)CC1. The Bertz CT molecular complexity index is 791. The topological polar surface area (TPSA) is 60.9 Å². The number of halogens is 1. The molecule has 0 unspecified atom stereocenters. The average molecular weight is 430 g/mol. The molecule has 6 nitrogen and oxygen atoms in total. The molecule has 7 heteroatoms. The van der Waals surface area contributed by atoms with Gasteiger partial charge in [0.1, 0.15) is 5.82 Å². The van der Waals surface area contributed by atoms with Crippen LogP contribution in [-0.2, 0) is 9.59 Å². The first-order chi connectivity index (χ1) is 15.0. The first kappa shape index (κ1) is 21.8. The predicted octanol–water partition coefficient (Wildman–Crippen LogP) is 2.93. The van der Waals surface area contributed by atoms with Crippen molar-refractivity contribution in [2.24, 2.45) is 11.8 Å². The quantitative estimate of drug-likeness (QED) is 0.742. The molecule has 0 aliphatic carbocycles. The molecular formula is C24H32FN3O3. The minimum absolute atomic E-state index is 0.0531. The summed E-state index contributed by atoms with van der Waals surface area (Å²) in [6.07, 6.45) is 6.23. The lowest BCUT2D eigenvalue weighted by atomic mass is 9.91. The van der Waals surface area contributed by atoms with Gasteiger partial charge in [0.15, 0.2) is 0 Å². The summed E-state index contributed by atoms with van der Waals surface area (Å²) >= 11 is 0. The molecule has 0 N–H and O–H groups in total. The highest BCUT2D eigenvalue weighted by Gasteiger charge is 2.34. The van der Waals surface area contributed by atoms with E-state index in [9.17, 15) is 18.8 Å². The fourth-order valence-electron chi connectivity index (χ4n) is 5.08. The number of benzene rings is 1. The van der Waals surface area contributed by atoms with Crippen LogP contribution in [0.15, 0.2) is 24.3 Å². The highest BCUT2D eigenvalue weighted by molar-refractivity contribution is 5.94. The van der Waals surface area contributed by atoms with Crippen LogP contribution < -0.4 is 0 Å². The zero-order chi connectivity index (χ0) is 21.8. The average Bonchev–Trinajstić information content (AvgIpc) is 2.84. The van der Waals surface area contributed by atoms with Crippen molar-refractivity contribution in [3.05, 3.63) is 35.6 Å². The molecule has 0 aromatic heterocycles. The maximum atomic E-state index is 13.1. The predicted molar refractivity (Wildman–Crippen MR) is 115 cm³/mol. The molecule has 0 bridgehead atoms. The Kier molecular flexibility index (Phi) is 6.88. The molecule has 3 aliphatic rings. The molecule has 31 heavy (non-hydrogen) atoms. The van der Waals surface area contributed by atoms with Crippen molar-refractivity contribution in [2.45, 2.75) is 44.9 Å². The highest BCUT2D eigenvalue weighted by atomic mass is 19.1. The van der Waals surface area contributed by atoms with Crippen LogP contribution in [-0.4, -0.2) is 71.7 Å². The number of piperidine rings is 3. The molecule has 168 valence electrons. The maximum absolute atomic E-state index is 13.1. The van der Waals surface area contributed by atoms with Gasteiger partial charge in [-0.3, -0.25) is 14.4 Å². The summed E-state index contributed by atoms with van der Waals surface area (Å²) in [7, 11) is 0. The summed E-state index contributed by atoms with van der Waals surface area (Å²) < 4.78 is 13.1. The van der Waals surface area contributed by atoms with Crippen LogP contribution in [0.3, 0.4) is 0 Å². The van der Waals surface area contributed by atoms with Crippen LogP contribution in [0, 0.1) is 17.7 Å². The smallest absolute Gasteiger partial charge is 0.253 e. The van der Waals surface area contributed by atoms with Gasteiger partial charge in [0.2, 0.25) is 11.8 Å². The van der Waals surface area contributed by atoms with Gasteiger partial charge in [-0.2, -0.15) is 0 Å². The third-order valence-corrected chi connectivity index (χ3v) is 7.05. The summed E-state index contributed by atoms with van der Waals surface area (Å²) in [6, 6.07) is 5.60. The summed E-state index contributed by atoms with van der Waals surface area (Å²) in [5, 5.41) is 0. The lowest BCUT2D eigenvalue weighted by molar-refractivity contribution is -0.143. The van der Waals surface area contributed by atoms with Crippen molar-refractivity contribution in [3.8, 4) is 0 Å². The molecule has 0 atom stereocenters. The summed E-state index contributed by atoms with van der Waals surface area (Å²) in [5.41, 5.74) is 0.478. The minimum Gasteiger partial charge on any atom is -0.342 e. The normalized spacial score (nSPS) is 21.3. The number of carbonyl (C=O) groups is 3. The lowest BCUT2D eigenvalue weighted by Crippen LogP contribution is -2.49. The third kappa shape index (κ3) is 5.08. The van der Waals surface area contributed by atoms with Gasteiger partial charge in [-0.1, -0.05) is 0 Å². The number of carbonyl (C=O) groups excluding carboxylic acids is 3. The minimum atomic E-state index is -0.359. The van der Waals surface area contributed by atoms with Crippen molar-refractivity contribution in [3.63, 3.8) is 0 Å². The number of likely N-dealkylation sites (tertiary alicyclic amines) is 3. The molecular weight excluding hydrogens is 397 g/mol. The number of hydrogen-bond acceptors (Lipinski definition) is 3. The third-order valence-electron chi connectivity index (χ3n) is 7.05. The van der Waals surface area contributed by atoms with E-state index in [0.717, 1.165) is 38.8 Å². The Morgan fingerprint density at radius 1 is 0.645 bits per heavy atom. The van der Waals surface area contributed by atoms with Gasteiger partial charge in [0, 0.05) is 56.7 Å². The number of amides is 3. The van der Waals surface area contributed by atoms with E-state index in [1.165, 1.54) is 30.7 Å². The van der Waals surface area contributed by atoms with E-state index in [-0.39, 0.29) is 35.4 Å². The van der Waals surface area contributed by atoms with E-state index >= 15 is 0 Å². The molecule has 0 spiro atoms. The number of rotatable bonds is 3. The van der Waals surface area contributed by atoms with E-state index in [4.69, 9.17) is 0 Å². The van der Waals surface area contributed by atoms with Crippen molar-refractivity contribution in [1.29, 1.82) is 0 Å². The van der Waals surface area contributed by atoms with Crippen LogP contribution in [0.4, 0.5) is 4.39 Å². The van der Waals surface area contributed by atoms with Crippen molar-refractivity contribution < 1.29 is 18.8 Å². The second-order valence-corrected chi connectivity index (χ2v) is 9.06. The van der Waals surface area contributed by atoms with Gasteiger partial charge < -0.3 is 14.7 Å². The van der Waals surface area contributed by atoms with E-state index in [0.29, 0.717) is 44.6 Å². The zero-order valence-electron chi connectivity index (χ0n) is 18.1. The molecule has 0 radical (unpaired) electrons. The Hall–Kier alpha value is -2.44. The summed E-state index contributed by atoms with van der Waals surface area (Å²) in [6.45, 7) is 4.14. The van der Waals surface area contributed by atoms with Gasteiger partial charge in [-0.25, -0.2) is 4.39 Å². The summed E-state index contributed by atoms with van der Waals surface area (Å²) in [5.74, 6) is -0.0358. The first-order valence-corrected chi connectivity index (χ1v) is 11.7. The second kappa shape index (κ2) is 9.79. The lowest BCUT2D eigenvalue weighted by Gasteiger charge is -2.38. The van der Waals surface area contributed by atoms with E-state index in [1.54, 1.807) is 4.90 Å². The van der Waals surface area contributed by atoms with Crippen LogP contribution in [0.25, 0.3) is 0 Å². The van der Waals surface area contributed by atoms with Crippen LogP contribution >= 0.6 is 0 Å². The van der Waals surface area contributed by atoms with Gasteiger partial charge in [-0.05, 0) is 69.2 Å². The molecule has 3 saturated heterocycles. The Labute approximate surface area is 183 Å². The Balaban J connectivity index is 1.23. The van der Waals surface area contributed by atoms with E-state index in [2.05, 4.69) is 0 Å². The molecule has 3 aliphatic heterocycles. The van der Waals surface area contributed by atoms with Gasteiger partial charge in [0.05, 0.1) is 0 Å². The Morgan fingerprint density at radius 2 is 1.10 bits per heavy atom. The van der Waals surface area contributed by atoms with Crippen LogP contribution in [0.5, 0.6) is 0 Å². The molecule has 1 aromatic rings.